The Kier molecular flexibility index (Phi) is 9.36. The molecule has 0 amide bonds. The molecule has 0 unspecified atom stereocenters. The van der Waals surface area contributed by atoms with Crippen molar-refractivity contribution in [1.82, 2.24) is 19.7 Å². The number of hydrogen-bond donors (Lipinski definition) is 2. The minimum absolute atomic E-state index is 0.205. The van der Waals surface area contributed by atoms with Crippen molar-refractivity contribution in [2.45, 2.75) is 90.1 Å². The Labute approximate surface area is 257 Å². The van der Waals surface area contributed by atoms with E-state index in [0.717, 1.165) is 12.8 Å². The van der Waals surface area contributed by atoms with Crippen molar-refractivity contribution in [2.24, 2.45) is 5.92 Å². The average molecular weight is 632 g/mol. The lowest BCUT2D eigenvalue weighted by molar-refractivity contribution is -0.211. The van der Waals surface area contributed by atoms with Crippen molar-refractivity contribution in [3.8, 4) is 5.75 Å². The fraction of sp³-hybridized carbons (Fsp3) is 0.567. The third-order valence-corrected chi connectivity index (χ3v) is 9.77. The van der Waals surface area contributed by atoms with Gasteiger partial charge in [-0.25, -0.2) is 14.1 Å². The van der Waals surface area contributed by atoms with Crippen LogP contribution in [0.2, 0.25) is 0 Å². The van der Waals surface area contributed by atoms with Crippen molar-refractivity contribution in [1.29, 1.82) is 0 Å². The van der Waals surface area contributed by atoms with Crippen molar-refractivity contribution in [3.05, 3.63) is 54.5 Å². The zero-order chi connectivity index (χ0) is 31.7. The lowest BCUT2D eigenvalue weighted by Crippen LogP contribution is -2.39. The Bertz CT molecular complexity index is 1500. The van der Waals surface area contributed by atoms with Gasteiger partial charge in [0.25, 0.3) is 0 Å². The number of esters is 1. The number of benzene rings is 1. The summed E-state index contributed by atoms with van der Waals surface area (Å²) in [4.78, 5) is 16.9. The molecule has 0 saturated carbocycles. The number of para-hydroxylation sites is 1. The summed E-state index contributed by atoms with van der Waals surface area (Å²) in [5.41, 5.74) is 6.33. The number of anilines is 1. The van der Waals surface area contributed by atoms with Crippen LogP contribution in [0.25, 0.3) is 5.52 Å². The molecule has 13 nitrogen and oxygen atoms in total. The lowest BCUT2D eigenvalue weighted by Gasteiger charge is -2.31. The number of carbonyl (C=O) groups is 1. The standard InChI is InChI=1S/C30H42N5O8P/c1-7-20(8-2)16-38-28(36)19(3)34-44(37,43-21-12-10-9-11-13-21)39-17-23-25-26(42-29(4,5)41-25)30(6,40-23)24-15-14-22-27(31)32-18-33-35(22)24/h9-15,18-20,23,25-26H,7-8,16-17H2,1-6H3,(H,34,37)(H2,31,32,33)/t19-,23+,25+,26+,30-,44-/m0/s1. The maximum absolute atomic E-state index is 14.2. The van der Waals surface area contributed by atoms with Gasteiger partial charge in [0, 0.05) is 0 Å². The highest BCUT2D eigenvalue weighted by molar-refractivity contribution is 7.52. The summed E-state index contributed by atoms with van der Waals surface area (Å²) >= 11 is 0. The van der Waals surface area contributed by atoms with Gasteiger partial charge in [0.15, 0.2) is 11.6 Å². The molecular weight excluding hydrogens is 589 g/mol. The maximum Gasteiger partial charge on any atom is 0.459 e. The molecule has 0 radical (unpaired) electrons. The Morgan fingerprint density at radius 3 is 2.55 bits per heavy atom. The van der Waals surface area contributed by atoms with Crippen molar-refractivity contribution >= 4 is 25.1 Å². The molecule has 0 spiro atoms. The van der Waals surface area contributed by atoms with Gasteiger partial charge in [-0.05, 0) is 57.9 Å². The molecule has 2 fully saturated rings. The third-order valence-electron chi connectivity index (χ3n) is 8.12. The molecular formula is C30H42N5O8P. The Morgan fingerprint density at radius 2 is 1.84 bits per heavy atom. The number of nitrogens with one attached hydrogen (secondary N) is 1. The van der Waals surface area contributed by atoms with E-state index in [-0.39, 0.29) is 19.1 Å². The van der Waals surface area contributed by atoms with Gasteiger partial charge in [0.2, 0.25) is 0 Å². The molecule has 14 heteroatoms. The van der Waals surface area contributed by atoms with E-state index in [1.54, 1.807) is 41.8 Å². The van der Waals surface area contributed by atoms with E-state index < -0.39 is 49.5 Å². The van der Waals surface area contributed by atoms with Crippen molar-refractivity contribution in [2.75, 3.05) is 18.9 Å². The molecule has 6 atom stereocenters. The van der Waals surface area contributed by atoms with Crippen LogP contribution in [0.4, 0.5) is 5.82 Å². The second-order valence-corrected chi connectivity index (χ2v) is 13.5. The van der Waals surface area contributed by atoms with Crippen molar-refractivity contribution in [3.63, 3.8) is 0 Å². The van der Waals surface area contributed by atoms with Gasteiger partial charge in [-0.2, -0.15) is 10.2 Å². The molecule has 2 aliphatic rings. The zero-order valence-electron chi connectivity index (χ0n) is 26.0. The zero-order valence-corrected chi connectivity index (χ0v) is 26.9. The first kappa shape index (κ1) is 32.3. The van der Waals surface area contributed by atoms with Gasteiger partial charge in [-0.1, -0.05) is 44.9 Å². The van der Waals surface area contributed by atoms with Gasteiger partial charge in [-0.15, -0.1) is 0 Å². The first-order valence-corrected chi connectivity index (χ1v) is 16.5. The number of nitrogens with two attached hydrogens (primary N) is 1. The fourth-order valence-corrected chi connectivity index (χ4v) is 7.12. The van der Waals surface area contributed by atoms with Crippen LogP contribution in [-0.4, -0.2) is 63.9 Å². The summed E-state index contributed by atoms with van der Waals surface area (Å²) in [6.45, 7) is 11.2. The lowest BCUT2D eigenvalue weighted by atomic mass is 9.93. The molecule has 0 bridgehead atoms. The van der Waals surface area contributed by atoms with Crippen LogP contribution in [0.1, 0.15) is 60.1 Å². The number of hydrogen-bond acceptors (Lipinski definition) is 11. The van der Waals surface area contributed by atoms with Crippen molar-refractivity contribution < 1.29 is 37.4 Å². The molecule has 5 rings (SSSR count). The van der Waals surface area contributed by atoms with Crippen LogP contribution in [0.15, 0.2) is 48.8 Å². The predicted molar refractivity (Wildman–Crippen MR) is 162 cm³/mol. The monoisotopic (exact) mass is 631 g/mol. The topological polar surface area (TPSA) is 158 Å². The number of fused-ring (bicyclic) bond motifs is 2. The minimum atomic E-state index is -4.15. The van der Waals surface area contributed by atoms with E-state index in [9.17, 15) is 9.36 Å². The van der Waals surface area contributed by atoms with Crippen LogP contribution in [0.3, 0.4) is 0 Å². The Hall–Kier alpha value is -3.06. The van der Waals surface area contributed by atoms with E-state index in [4.69, 9.17) is 33.7 Å². The van der Waals surface area contributed by atoms with Gasteiger partial charge in [0.05, 0.1) is 18.9 Å². The van der Waals surface area contributed by atoms with Gasteiger partial charge >= 0.3 is 13.7 Å². The molecule has 0 aliphatic carbocycles. The van der Waals surface area contributed by atoms with Crippen LogP contribution in [-0.2, 0) is 38.4 Å². The maximum atomic E-state index is 14.2. The number of aromatic nitrogens is 3. The molecule has 2 aromatic heterocycles. The second-order valence-electron chi connectivity index (χ2n) is 11.8. The van der Waals surface area contributed by atoms with Crippen LogP contribution in [0, 0.1) is 5.92 Å². The summed E-state index contributed by atoms with van der Waals surface area (Å²) in [7, 11) is -4.15. The highest BCUT2D eigenvalue weighted by atomic mass is 31.2. The quantitative estimate of drug-likeness (QED) is 0.200. The molecule has 240 valence electrons. The predicted octanol–water partition coefficient (Wildman–Crippen LogP) is 4.61. The Balaban J connectivity index is 1.37. The van der Waals surface area contributed by atoms with Gasteiger partial charge in [-0.3, -0.25) is 9.32 Å². The highest BCUT2D eigenvalue weighted by Gasteiger charge is 2.62. The normalized spacial score (nSPS) is 26.4. The second kappa shape index (κ2) is 12.7. The molecule has 2 saturated heterocycles. The summed E-state index contributed by atoms with van der Waals surface area (Å²) < 4.78 is 52.4. The van der Waals surface area contributed by atoms with E-state index in [2.05, 4.69) is 15.2 Å². The average Bonchev–Trinajstić information content (AvgIpc) is 3.64. The first-order valence-electron chi connectivity index (χ1n) is 14.9. The molecule has 2 aliphatic heterocycles. The van der Waals surface area contributed by atoms with E-state index >= 15 is 0 Å². The van der Waals surface area contributed by atoms with E-state index in [1.165, 1.54) is 6.33 Å². The van der Waals surface area contributed by atoms with E-state index in [1.807, 2.05) is 46.8 Å². The number of carbonyl (C=O) groups excluding carboxylic acids is 1. The summed E-state index contributed by atoms with van der Waals surface area (Å²) in [6, 6.07) is 11.3. The fourth-order valence-electron chi connectivity index (χ4n) is 5.62. The van der Waals surface area contributed by atoms with Crippen LogP contribution < -0.4 is 15.3 Å². The first-order chi connectivity index (χ1) is 20.9. The highest BCUT2D eigenvalue weighted by Crippen LogP contribution is 2.51. The van der Waals surface area contributed by atoms with Gasteiger partial charge < -0.3 is 29.2 Å². The third kappa shape index (κ3) is 6.63. The smallest absolute Gasteiger partial charge is 0.459 e. The molecule has 3 N–H and O–H groups in total. The van der Waals surface area contributed by atoms with E-state index in [0.29, 0.717) is 22.8 Å². The summed E-state index contributed by atoms with van der Waals surface area (Å²) in [5, 5.41) is 7.14. The number of nitrogen functional groups attached to an aromatic ring is 1. The van der Waals surface area contributed by atoms with Crippen LogP contribution >= 0.6 is 7.75 Å². The molecule has 44 heavy (non-hydrogen) atoms. The largest absolute Gasteiger partial charge is 0.464 e. The molecule has 1 aromatic carbocycles. The van der Waals surface area contributed by atoms with Crippen LogP contribution in [0.5, 0.6) is 5.75 Å². The number of nitrogens with zero attached hydrogens (tertiary/aromatic N) is 3. The minimum Gasteiger partial charge on any atom is -0.464 e. The Morgan fingerprint density at radius 1 is 1.11 bits per heavy atom. The SMILES string of the molecule is CCC(CC)COC(=O)[C@H](C)N[P@](=O)(OC[C@H]1O[C@@](C)(c2ccc3c(N)ncnn23)[C@@H]2OC(C)(C)O[C@@H]21)Oc1ccccc1. The summed E-state index contributed by atoms with van der Waals surface area (Å²) in [6.07, 6.45) is 1.25. The molecule has 3 aromatic rings. The number of ether oxygens (including phenoxy) is 4. The molecule has 4 heterocycles. The van der Waals surface area contributed by atoms with Gasteiger partial charge in [0.1, 0.15) is 47.5 Å². The summed E-state index contributed by atoms with van der Waals surface area (Å²) in [5.74, 6) is -0.608. The number of rotatable bonds is 13.